The third-order valence-corrected chi connectivity index (χ3v) is 3.17. The molecule has 118 valence electrons. The molecular weight excluding hydrogens is 266 g/mol. The zero-order chi connectivity index (χ0) is 15.9. The molecule has 0 bridgehead atoms. The van der Waals surface area contributed by atoms with Gasteiger partial charge in [-0.05, 0) is 38.3 Å². The van der Waals surface area contributed by atoms with Crippen LogP contribution < -0.4 is 10.5 Å². The first-order valence-electron chi connectivity index (χ1n) is 7.42. The van der Waals surface area contributed by atoms with Crippen molar-refractivity contribution in [1.29, 1.82) is 0 Å². The lowest BCUT2D eigenvalue weighted by molar-refractivity contribution is -0.116. The van der Waals surface area contributed by atoms with E-state index >= 15 is 0 Å². The maximum atomic E-state index is 10.9. The lowest BCUT2D eigenvalue weighted by atomic mass is 10.0. The summed E-state index contributed by atoms with van der Waals surface area (Å²) < 4.78 is 11.8. The van der Waals surface area contributed by atoms with Crippen LogP contribution in [-0.2, 0) is 9.53 Å². The Morgan fingerprint density at radius 1 is 1.24 bits per heavy atom. The lowest BCUT2D eigenvalue weighted by Gasteiger charge is -2.29. The van der Waals surface area contributed by atoms with Gasteiger partial charge in [0.1, 0.15) is 18.1 Å². The highest BCUT2D eigenvalue weighted by atomic mass is 16.5. The normalized spacial score (nSPS) is 17.0. The maximum absolute atomic E-state index is 10.9. The van der Waals surface area contributed by atoms with Crippen molar-refractivity contribution in [3.8, 4) is 5.75 Å². The second kappa shape index (κ2) is 8.15. The van der Waals surface area contributed by atoms with Gasteiger partial charge in [-0.3, -0.25) is 0 Å². The lowest BCUT2D eigenvalue weighted by Crippen LogP contribution is -2.46. The first kappa shape index (κ1) is 17.7. The van der Waals surface area contributed by atoms with Crippen LogP contribution >= 0.6 is 0 Å². The molecular formula is C17H27NO3. The molecule has 0 fully saturated rings. The summed E-state index contributed by atoms with van der Waals surface area (Å²) in [5, 5.41) is 0. The summed E-state index contributed by atoms with van der Waals surface area (Å²) in [6.07, 6.45) is 1.36. The Bertz CT molecular complexity index is 417. The number of aldehydes is 1. The van der Waals surface area contributed by atoms with E-state index in [0.29, 0.717) is 5.92 Å². The molecule has 3 atom stereocenters. The average molecular weight is 293 g/mol. The monoisotopic (exact) mass is 293 g/mol. The molecule has 0 aromatic heterocycles. The van der Waals surface area contributed by atoms with Gasteiger partial charge in [-0.1, -0.05) is 32.0 Å². The molecule has 0 heterocycles. The zero-order valence-electron chi connectivity index (χ0n) is 13.4. The Labute approximate surface area is 127 Å². The van der Waals surface area contributed by atoms with Crippen LogP contribution in [0.15, 0.2) is 30.3 Å². The molecule has 4 heteroatoms. The molecule has 2 N–H and O–H groups in total. The average Bonchev–Trinajstić information content (AvgIpc) is 2.44. The third kappa shape index (κ3) is 6.74. The molecule has 4 nitrogen and oxygen atoms in total. The van der Waals surface area contributed by atoms with Gasteiger partial charge in [0.05, 0.1) is 18.2 Å². The SMILES string of the molecule is CC(C)C[C@H](OC[C@](C)(N)C=O)[C@H](C)Oc1ccccc1. The van der Waals surface area contributed by atoms with Crippen LogP contribution in [0.5, 0.6) is 5.75 Å². The van der Waals surface area contributed by atoms with Crippen LogP contribution in [0.25, 0.3) is 0 Å². The molecule has 0 aliphatic rings. The molecule has 21 heavy (non-hydrogen) atoms. The van der Waals surface area contributed by atoms with Crippen molar-refractivity contribution < 1.29 is 14.3 Å². The summed E-state index contributed by atoms with van der Waals surface area (Å²) in [6, 6.07) is 9.65. The van der Waals surface area contributed by atoms with Gasteiger partial charge < -0.3 is 20.0 Å². The highest BCUT2D eigenvalue weighted by Crippen LogP contribution is 2.19. The van der Waals surface area contributed by atoms with Crippen molar-refractivity contribution in [1.82, 2.24) is 0 Å². The fraction of sp³-hybridized carbons (Fsp3) is 0.588. The summed E-state index contributed by atoms with van der Waals surface area (Å²) in [5.41, 5.74) is 4.86. The summed E-state index contributed by atoms with van der Waals surface area (Å²) >= 11 is 0. The molecule has 1 aromatic carbocycles. The predicted octanol–water partition coefficient (Wildman–Crippen LogP) is 2.80. The molecule has 0 aliphatic heterocycles. The highest BCUT2D eigenvalue weighted by Gasteiger charge is 2.25. The van der Waals surface area contributed by atoms with E-state index < -0.39 is 5.54 Å². The molecule has 0 spiro atoms. The number of carbonyl (C=O) groups is 1. The van der Waals surface area contributed by atoms with Crippen molar-refractivity contribution in [2.75, 3.05) is 6.61 Å². The standard InChI is InChI=1S/C17H27NO3/c1-13(2)10-16(20-12-17(4,18)11-19)14(3)21-15-8-6-5-7-9-15/h5-9,11,13-14,16H,10,12,18H2,1-4H3/t14-,16-,17+/m0/s1. The van der Waals surface area contributed by atoms with Crippen LogP contribution in [0.1, 0.15) is 34.1 Å². The summed E-state index contributed by atoms with van der Waals surface area (Å²) in [5.74, 6) is 1.28. The Morgan fingerprint density at radius 2 is 1.86 bits per heavy atom. The summed E-state index contributed by atoms with van der Waals surface area (Å²) in [6.45, 7) is 8.10. The molecule has 0 unspecified atom stereocenters. The quantitative estimate of drug-likeness (QED) is 0.711. The van der Waals surface area contributed by atoms with Crippen molar-refractivity contribution in [3.63, 3.8) is 0 Å². The van der Waals surface area contributed by atoms with Gasteiger partial charge in [0.25, 0.3) is 0 Å². The highest BCUT2D eigenvalue weighted by molar-refractivity contribution is 5.63. The Hall–Kier alpha value is -1.39. The first-order valence-corrected chi connectivity index (χ1v) is 7.42. The second-order valence-electron chi connectivity index (χ2n) is 6.24. The van der Waals surface area contributed by atoms with E-state index in [1.165, 1.54) is 0 Å². The van der Waals surface area contributed by atoms with E-state index in [2.05, 4.69) is 13.8 Å². The van der Waals surface area contributed by atoms with Crippen LogP contribution in [-0.4, -0.2) is 30.6 Å². The number of nitrogens with two attached hydrogens (primary N) is 1. The molecule has 0 saturated carbocycles. The largest absolute Gasteiger partial charge is 0.488 e. The minimum Gasteiger partial charge on any atom is -0.488 e. The summed E-state index contributed by atoms with van der Waals surface area (Å²) in [7, 11) is 0. The molecule has 0 saturated heterocycles. The molecule has 0 amide bonds. The number of ether oxygens (including phenoxy) is 2. The van der Waals surface area contributed by atoms with Gasteiger partial charge in [-0.2, -0.15) is 0 Å². The number of para-hydroxylation sites is 1. The van der Waals surface area contributed by atoms with Gasteiger partial charge in [0, 0.05) is 0 Å². The summed E-state index contributed by atoms with van der Waals surface area (Å²) in [4.78, 5) is 10.9. The number of carbonyl (C=O) groups excluding carboxylic acids is 1. The number of rotatable bonds is 9. The molecule has 1 aromatic rings. The molecule has 0 radical (unpaired) electrons. The fourth-order valence-corrected chi connectivity index (χ4v) is 1.97. The van der Waals surface area contributed by atoms with Crippen LogP contribution in [0, 0.1) is 5.92 Å². The van der Waals surface area contributed by atoms with E-state index in [4.69, 9.17) is 15.2 Å². The van der Waals surface area contributed by atoms with E-state index in [-0.39, 0.29) is 18.8 Å². The smallest absolute Gasteiger partial charge is 0.141 e. The third-order valence-electron chi connectivity index (χ3n) is 3.17. The van der Waals surface area contributed by atoms with E-state index in [0.717, 1.165) is 18.5 Å². The minimum atomic E-state index is -0.957. The van der Waals surface area contributed by atoms with Gasteiger partial charge in [0.15, 0.2) is 0 Å². The van der Waals surface area contributed by atoms with Crippen LogP contribution in [0.3, 0.4) is 0 Å². The second-order valence-corrected chi connectivity index (χ2v) is 6.24. The Balaban J connectivity index is 2.65. The van der Waals surface area contributed by atoms with Gasteiger partial charge in [0.2, 0.25) is 0 Å². The number of hydrogen-bond acceptors (Lipinski definition) is 4. The Morgan fingerprint density at radius 3 is 2.38 bits per heavy atom. The van der Waals surface area contributed by atoms with Crippen molar-refractivity contribution in [2.24, 2.45) is 11.7 Å². The molecule has 0 aliphatic carbocycles. The van der Waals surface area contributed by atoms with Crippen molar-refractivity contribution >= 4 is 6.29 Å². The zero-order valence-corrected chi connectivity index (χ0v) is 13.4. The topological polar surface area (TPSA) is 61.5 Å². The number of hydrogen-bond donors (Lipinski definition) is 1. The minimum absolute atomic E-state index is 0.104. The predicted molar refractivity (Wildman–Crippen MR) is 84.4 cm³/mol. The maximum Gasteiger partial charge on any atom is 0.141 e. The van der Waals surface area contributed by atoms with Gasteiger partial charge >= 0.3 is 0 Å². The van der Waals surface area contributed by atoms with Crippen LogP contribution in [0.2, 0.25) is 0 Å². The van der Waals surface area contributed by atoms with Gasteiger partial charge in [-0.25, -0.2) is 0 Å². The fourth-order valence-electron chi connectivity index (χ4n) is 1.97. The van der Waals surface area contributed by atoms with E-state index in [9.17, 15) is 4.79 Å². The van der Waals surface area contributed by atoms with Gasteiger partial charge in [-0.15, -0.1) is 0 Å². The van der Waals surface area contributed by atoms with Crippen molar-refractivity contribution in [3.05, 3.63) is 30.3 Å². The van der Waals surface area contributed by atoms with Crippen molar-refractivity contribution in [2.45, 2.75) is 51.9 Å². The Kier molecular flexibility index (Phi) is 6.85. The van der Waals surface area contributed by atoms with E-state index in [1.807, 2.05) is 37.3 Å². The molecule has 1 rings (SSSR count). The number of benzene rings is 1. The first-order chi connectivity index (χ1) is 9.84. The van der Waals surface area contributed by atoms with E-state index in [1.54, 1.807) is 6.92 Å². The van der Waals surface area contributed by atoms with Crippen LogP contribution in [0.4, 0.5) is 0 Å².